The molecular formula is C7H16N2O2. The summed E-state index contributed by atoms with van der Waals surface area (Å²) in [6.45, 7) is 2.87. The van der Waals surface area contributed by atoms with Crippen molar-refractivity contribution < 1.29 is 9.90 Å². The van der Waals surface area contributed by atoms with Crippen LogP contribution in [0, 0.1) is 0 Å². The molecule has 0 atom stereocenters. The quantitative estimate of drug-likeness (QED) is 0.372. The predicted octanol–water partition coefficient (Wildman–Crippen LogP) is -0.210. The second-order valence-corrected chi connectivity index (χ2v) is 2.30. The fourth-order valence-corrected chi connectivity index (χ4v) is 0.588. The molecule has 0 spiro atoms. The van der Waals surface area contributed by atoms with E-state index in [-0.39, 0.29) is 12.5 Å². The van der Waals surface area contributed by atoms with Crippen LogP contribution in [-0.4, -0.2) is 24.2 Å². The minimum absolute atomic E-state index is 0.0625. The molecule has 0 aliphatic carbocycles. The van der Waals surface area contributed by atoms with E-state index in [0.29, 0.717) is 12.8 Å². The minimum atomic E-state index is -0.0625. The van der Waals surface area contributed by atoms with Crippen molar-refractivity contribution in [1.29, 1.82) is 0 Å². The van der Waals surface area contributed by atoms with Crippen LogP contribution in [0.1, 0.15) is 26.2 Å². The van der Waals surface area contributed by atoms with E-state index >= 15 is 0 Å². The van der Waals surface area contributed by atoms with Crippen molar-refractivity contribution in [2.75, 3.05) is 13.2 Å². The van der Waals surface area contributed by atoms with E-state index < -0.39 is 0 Å². The van der Waals surface area contributed by atoms with Gasteiger partial charge in [0.05, 0.1) is 0 Å². The second kappa shape index (κ2) is 7.50. The summed E-state index contributed by atoms with van der Waals surface area (Å²) in [5.41, 5.74) is 5.28. The highest BCUT2D eigenvalue weighted by Crippen LogP contribution is 1.84. The zero-order chi connectivity index (χ0) is 8.53. The first kappa shape index (κ1) is 10.4. The van der Waals surface area contributed by atoms with Gasteiger partial charge in [-0.25, -0.2) is 5.43 Å². The lowest BCUT2D eigenvalue weighted by Crippen LogP contribution is -2.37. The number of carbonyl (C=O) groups is 1. The maximum atomic E-state index is 10.8. The maximum absolute atomic E-state index is 10.8. The molecule has 4 heteroatoms. The van der Waals surface area contributed by atoms with Gasteiger partial charge in [-0.1, -0.05) is 6.92 Å². The molecule has 0 aromatic carbocycles. The van der Waals surface area contributed by atoms with E-state index in [1.54, 1.807) is 0 Å². The van der Waals surface area contributed by atoms with E-state index in [2.05, 4.69) is 10.9 Å². The molecule has 11 heavy (non-hydrogen) atoms. The van der Waals surface area contributed by atoms with Gasteiger partial charge in [-0.3, -0.25) is 10.2 Å². The Labute approximate surface area is 67.0 Å². The summed E-state index contributed by atoms with van der Waals surface area (Å²) in [5, 5.41) is 8.39. The number of hydrazine groups is 1. The molecule has 0 aliphatic heterocycles. The van der Waals surface area contributed by atoms with E-state index in [4.69, 9.17) is 5.11 Å². The first-order chi connectivity index (χ1) is 5.31. The first-order valence-corrected chi connectivity index (χ1v) is 3.93. The van der Waals surface area contributed by atoms with Gasteiger partial charge in [-0.05, 0) is 12.8 Å². The molecule has 0 aromatic rings. The Balaban J connectivity index is 3.09. The van der Waals surface area contributed by atoms with E-state index in [0.717, 1.165) is 13.0 Å². The van der Waals surface area contributed by atoms with Crippen LogP contribution in [-0.2, 0) is 4.79 Å². The zero-order valence-corrected chi connectivity index (χ0v) is 6.89. The van der Waals surface area contributed by atoms with Crippen LogP contribution in [0.5, 0.6) is 0 Å². The van der Waals surface area contributed by atoms with Gasteiger partial charge in [0.15, 0.2) is 0 Å². The smallest absolute Gasteiger partial charge is 0.234 e. The molecule has 0 saturated carbocycles. The summed E-state index contributed by atoms with van der Waals surface area (Å²) >= 11 is 0. The summed E-state index contributed by atoms with van der Waals surface area (Å²) in [4.78, 5) is 10.8. The molecule has 0 aliphatic rings. The molecular weight excluding hydrogens is 144 g/mol. The van der Waals surface area contributed by atoms with Crippen LogP contribution >= 0.6 is 0 Å². The minimum Gasteiger partial charge on any atom is -0.396 e. The molecule has 66 valence electrons. The molecule has 3 N–H and O–H groups in total. The highest BCUT2D eigenvalue weighted by atomic mass is 16.3. The monoisotopic (exact) mass is 160 g/mol. The van der Waals surface area contributed by atoms with Gasteiger partial charge in [0.1, 0.15) is 0 Å². The molecule has 4 nitrogen and oxygen atoms in total. The third-order valence-corrected chi connectivity index (χ3v) is 1.16. The SMILES string of the molecule is CCCNNC(=O)CCCO. The molecule has 0 saturated heterocycles. The van der Waals surface area contributed by atoms with E-state index in [1.165, 1.54) is 0 Å². The average molecular weight is 160 g/mol. The normalized spacial score (nSPS) is 9.64. The first-order valence-electron chi connectivity index (χ1n) is 3.93. The standard InChI is InChI=1S/C7H16N2O2/c1-2-5-8-9-7(11)4-3-6-10/h8,10H,2-6H2,1H3,(H,9,11). The molecule has 1 amide bonds. The van der Waals surface area contributed by atoms with Gasteiger partial charge in [0.25, 0.3) is 0 Å². The number of nitrogens with one attached hydrogen (secondary N) is 2. The van der Waals surface area contributed by atoms with Crippen molar-refractivity contribution in [3.63, 3.8) is 0 Å². The topological polar surface area (TPSA) is 61.4 Å². The molecule has 0 unspecified atom stereocenters. The van der Waals surface area contributed by atoms with Crippen LogP contribution in [0.3, 0.4) is 0 Å². The van der Waals surface area contributed by atoms with Gasteiger partial charge >= 0.3 is 0 Å². The lowest BCUT2D eigenvalue weighted by Gasteiger charge is -2.04. The van der Waals surface area contributed by atoms with Crippen molar-refractivity contribution in [2.45, 2.75) is 26.2 Å². The molecule has 0 rings (SSSR count). The predicted molar refractivity (Wildman–Crippen MR) is 42.8 cm³/mol. The Morgan fingerprint density at radius 2 is 2.27 bits per heavy atom. The Morgan fingerprint density at radius 3 is 2.82 bits per heavy atom. The molecule has 0 aromatic heterocycles. The zero-order valence-electron chi connectivity index (χ0n) is 6.89. The second-order valence-electron chi connectivity index (χ2n) is 2.30. The Hall–Kier alpha value is -0.610. The van der Waals surface area contributed by atoms with Gasteiger partial charge < -0.3 is 5.11 Å². The molecule has 0 fully saturated rings. The van der Waals surface area contributed by atoms with Gasteiger partial charge in [-0.2, -0.15) is 0 Å². The molecule has 0 bridgehead atoms. The van der Waals surface area contributed by atoms with Crippen molar-refractivity contribution in [1.82, 2.24) is 10.9 Å². The number of hydrogen-bond acceptors (Lipinski definition) is 3. The van der Waals surface area contributed by atoms with Crippen LogP contribution in [0.2, 0.25) is 0 Å². The molecule has 0 heterocycles. The Kier molecular flexibility index (Phi) is 7.08. The number of aliphatic hydroxyl groups excluding tert-OH is 1. The highest BCUT2D eigenvalue weighted by molar-refractivity contribution is 5.75. The van der Waals surface area contributed by atoms with Gasteiger partial charge in [-0.15, -0.1) is 0 Å². The number of carbonyl (C=O) groups excluding carboxylic acids is 1. The average Bonchev–Trinajstić information content (AvgIpc) is 2.01. The van der Waals surface area contributed by atoms with Crippen LogP contribution in [0.15, 0.2) is 0 Å². The largest absolute Gasteiger partial charge is 0.396 e. The maximum Gasteiger partial charge on any atom is 0.234 e. The highest BCUT2D eigenvalue weighted by Gasteiger charge is 1.97. The summed E-state index contributed by atoms with van der Waals surface area (Å²) < 4.78 is 0. The van der Waals surface area contributed by atoms with E-state index in [9.17, 15) is 4.79 Å². The number of amides is 1. The van der Waals surface area contributed by atoms with Crippen LogP contribution < -0.4 is 10.9 Å². The van der Waals surface area contributed by atoms with Crippen molar-refractivity contribution in [3.05, 3.63) is 0 Å². The fraction of sp³-hybridized carbons (Fsp3) is 0.857. The molecule has 0 radical (unpaired) electrons. The van der Waals surface area contributed by atoms with Crippen molar-refractivity contribution in [3.8, 4) is 0 Å². The Bertz CT molecular complexity index is 107. The summed E-state index contributed by atoms with van der Waals surface area (Å²) in [6, 6.07) is 0. The third kappa shape index (κ3) is 7.29. The number of aliphatic hydroxyl groups is 1. The lowest BCUT2D eigenvalue weighted by molar-refractivity contribution is -0.122. The fourth-order valence-electron chi connectivity index (χ4n) is 0.588. The third-order valence-electron chi connectivity index (χ3n) is 1.16. The number of rotatable bonds is 6. The van der Waals surface area contributed by atoms with Crippen LogP contribution in [0.4, 0.5) is 0 Å². The van der Waals surface area contributed by atoms with Crippen molar-refractivity contribution in [2.24, 2.45) is 0 Å². The van der Waals surface area contributed by atoms with Gasteiger partial charge in [0.2, 0.25) is 5.91 Å². The van der Waals surface area contributed by atoms with Crippen molar-refractivity contribution >= 4 is 5.91 Å². The van der Waals surface area contributed by atoms with Crippen LogP contribution in [0.25, 0.3) is 0 Å². The van der Waals surface area contributed by atoms with E-state index in [1.807, 2.05) is 6.92 Å². The lowest BCUT2D eigenvalue weighted by atomic mass is 10.3. The summed E-state index contributed by atoms with van der Waals surface area (Å²) in [5.74, 6) is -0.0625. The van der Waals surface area contributed by atoms with Gasteiger partial charge in [0, 0.05) is 19.6 Å². The summed E-state index contributed by atoms with van der Waals surface area (Å²) in [7, 11) is 0. The Morgan fingerprint density at radius 1 is 1.55 bits per heavy atom. The summed E-state index contributed by atoms with van der Waals surface area (Å²) in [6.07, 6.45) is 1.90. The number of hydrogen-bond donors (Lipinski definition) is 3.